The van der Waals surface area contributed by atoms with Gasteiger partial charge in [0.15, 0.2) is 0 Å². The van der Waals surface area contributed by atoms with Crippen molar-refractivity contribution in [1.29, 1.82) is 0 Å². The number of hydrogen-bond donors (Lipinski definition) is 6. The molecule has 4 saturated carbocycles. The van der Waals surface area contributed by atoms with Gasteiger partial charge < -0.3 is 30.6 Å². The van der Waals surface area contributed by atoms with Crippen LogP contribution in [0.5, 0.6) is 0 Å². The molecule has 0 amide bonds. The van der Waals surface area contributed by atoms with Gasteiger partial charge in [-0.3, -0.25) is 4.79 Å². The van der Waals surface area contributed by atoms with E-state index < -0.39 is 58.1 Å². The molecule has 0 aromatic heterocycles. The number of carbonyl (C=O) groups is 1. The minimum Gasteiger partial charge on any atom is -0.481 e. The smallest absolute Gasteiger partial charge is 0.309 e. The van der Waals surface area contributed by atoms with E-state index in [0.29, 0.717) is 19.3 Å². The third-order valence-electron chi connectivity index (χ3n) is 9.26. The summed E-state index contributed by atoms with van der Waals surface area (Å²) >= 11 is 0. The van der Waals surface area contributed by atoms with E-state index in [4.69, 9.17) is 0 Å². The molecule has 1 spiro atoms. The highest BCUT2D eigenvalue weighted by Gasteiger charge is 2.77. The van der Waals surface area contributed by atoms with E-state index in [-0.39, 0.29) is 18.8 Å². The minimum absolute atomic E-state index is 0.0159. The second kappa shape index (κ2) is 5.45. The molecule has 9 atom stereocenters. The minimum atomic E-state index is -1.71. The van der Waals surface area contributed by atoms with Crippen LogP contribution < -0.4 is 0 Å². The number of hydrogen-bond acceptors (Lipinski definition) is 6. The van der Waals surface area contributed by atoms with Gasteiger partial charge in [-0.05, 0) is 56.8 Å². The van der Waals surface area contributed by atoms with Gasteiger partial charge in [-0.1, -0.05) is 13.3 Å². The van der Waals surface area contributed by atoms with Gasteiger partial charge in [0.05, 0.1) is 29.8 Å². The topological polar surface area (TPSA) is 138 Å². The Kier molecular flexibility index (Phi) is 3.95. The Morgan fingerprint density at radius 3 is 2.33 bits per heavy atom. The van der Waals surface area contributed by atoms with Crippen LogP contribution in [0.1, 0.15) is 58.8 Å². The maximum Gasteiger partial charge on any atom is 0.309 e. The van der Waals surface area contributed by atoms with E-state index in [1.54, 1.807) is 6.92 Å². The highest BCUT2D eigenvalue weighted by atomic mass is 16.4. The Hall–Kier alpha value is -0.730. The lowest BCUT2D eigenvalue weighted by atomic mass is 9.39. The Morgan fingerprint density at radius 2 is 1.74 bits per heavy atom. The predicted molar refractivity (Wildman–Crippen MR) is 94.6 cm³/mol. The van der Waals surface area contributed by atoms with Crippen LogP contribution in [0.25, 0.3) is 0 Å². The monoisotopic (exact) mass is 384 g/mol. The predicted octanol–water partition coefficient (Wildman–Crippen LogP) is 0.264. The number of carboxylic acids is 1. The first-order valence-corrected chi connectivity index (χ1v) is 10.1. The van der Waals surface area contributed by atoms with Gasteiger partial charge in [0.25, 0.3) is 0 Å². The molecule has 0 saturated heterocycles. The number of rotatable bonds is 2. The van der Waals surface area contributed by atoms with Crippen LogP contribution in [0.3, 0.4) is 0 Å². The molecule has 0 radical (unpaired) electrons. The summed E-state index contributed by atoms with van der Waals surface area (Å²) < 4.78 is 0. The SMILES string of the molecule is C[C@@]12CCC[C@@](C)(C(=O)O)[C@H]1[C@H](O)[C@H](O)[C@]13C[C@](O)(CO)[C@](O)(CC[C@@H]21)C3. The van der Waals surface area contributed by atoms with E-state index >= 15 is 0 Å². The van der Waals surface area contributed by atoms with Crippen LogP contribution in [0.15, 0.2) is 0 Å². The van der Waals surface area contributed by atoms with Gasteiger partial charge in [-0.2, -0.15) is 0 Å². The number of carboxylic acid groups (broad SMARTS) is 1. The van der Waals surface area contributed by atoms with Crippen LogP contribution >= 0.6 is 0 Å². The molecule has 0 aliphatic heterocycles. The Labute approximate surface area is 159 Å². The van der Waals surface area contributed by atoms with E-state index in [1.807, 2.05) is 6.92 Å². The average Bonchev–Trinajstić information content (AvgIpc) is 2.76. The molecule has 0 unspecified atom stereocenters. The summed E-state index contributed by atoms with van der Waals surface area (Å²) in [6.45, 7) is 3.08. The maximum absolute atomic E-state index is 12.1. The van der Waals surface area contributed by atoms with Gasteiger partial charge in [0.2, 0.25) is 0 Å². The molecular weight excluding hydrogens is 352 g/mol. The fraction of sp³-hybridized carbons (Fsp3) is 0.950. The lowest BCUT2D eigenvalue weighted by Gasteiger charge is -2.66. The first-order valence-electron chi connectivity index (χ1n) is 10.1. The molecule has 27 heavy (non-hydrogen) atoms. The zero-order valence-corrected chi connectivity index (χ0v) is 16.1. The van der Waals surface area contributed by atoms with Gasteiger partial charge in [-0.15, -0.1) is 0 Å². The van der Waals surface area contributed by atoms with Gasteiger partial charge in [0, 0.05) is 11.3 Å². The second-order valence-corrected chi connectivity index (χ2v) is 10.4. The highest BCUT2D eigenvalue weighted by molar-refractivity contribution is 5.75. The lowest BCUT2D eigenvalue weighted by molar-refractivity contribution is -0.260. The van der Waals surface area contributed by atoms with E-state index in [1.165, 1.54) is 0 Å². The van der Waals surface area contributed by atoms with Crippen LogP contribution in [0.2, 0.25) is 0 Å². The van der Waals surface area contributed by atoms with Crippen molar-refractivity contribution in [3.8, 4) is 0 Å². The van der Waals surface area contributed by atoms with Crippen molar-refractivity contribution in [3.63, 3.8) is 0 Å². The van der Waals surface area contributed by atoms with Gasteiger partial charge in [-0.25, -0.2) is 0 Å². The van der Waals surface area contributed by atoms with E-state index in [0.717, 1.165) is 12.8 Å². The fourth-order valence-electron chi connectivity index (χ4n) is 8.12. The fourth-order valence-corrected chi connectivity index (χ4v) is 8.12. The van der Waals surface area contributed by atoms with Crippen LogP contribution in [-0.4, -0.2) is 66.6 Å². The van der Waals surface area contributed by atoms with Crippen molar-refractivity contribution in [2.45, 2.75) is 82.2 Å². The molecule has 4 rings (SSSR count). The van der Waals surface area contributed by atoms with Crippen LogP contribution in [-0.2, 0) is 4.79 Å². The molecule has 154 valence electrons. The van der Waals surface area contributed by atoms with Crippen molar-refractivity contribution in [1.82, 2.24) is 0 Å². The zero-order chi connectivity index (χ0) is 20.0. The second-order valence-electron chi connectivity index (χ2n) is 10.4. The zero-order valence-electron chi connectivity index (χ0n) is 16.1. The Balaban J connectivity index is 1.85. The number of aliphatic hydroxyl groups is 5. The molecule has 7 nitrogen and oxygen atoms in total. The number of aliphatic hydroxyl groups excluding tert-OH is 3. The van der Waals surface area contributed by atoms with E-state index in [2.05, 4.69) is 0 Å². The third-order valence-corrected chi connectivity index (χ3v) is 9.26. The van der Waals surface area contributed by atoms with Crippen molar-refractivity contribution in [3.05, 3.63) is 0 Å². The molecule has 0 aromatic carbocycles. The summed E-state index contributed by atoms with van der Waals surface area (Å²) in [7, 11) is 0. The first-order chi connectivity index (χ1) is 12.4. The maximum atomic E-state index is 12.1. The van der Waals surface area contributed by atoms with Gasteiger partial charge in [0.1, 0.15) is 5.60 Å². The summed E-state index contributed by atoms with van der Waals surface area (Å²) in [5.74, 6) is -1.68. The Morgan fingerprint density at radius 1 is 1.07 bits per heavy atom. The number of fused-ring (bicyclic) bond motifs is 3. The molecule has 2 bridgehead atoms. The summed E-state index contributed by atoms with van der Waals surface area (Å²) in [5, 5.41) is 64.1. The summed E-state index contributed by atoms with van der Waals surface area (Å²) in [5.41, 5.74) is -5.78. The van der Waals surface area contributed by atoms with Crippen molar-refractivity contribution < 1.29 is 35.4 Å². The van der Waals surface area contributed by atoms with Crippen LogP contribution in [0.4, 0.5) is 0 Å². The molecule has 7 heteroatoms. The molecular formula is C20H32O7. The van der Waals surface area contributed by atoms with Crippen molar-refractivity contribution in [2.24, 2.45) is 28.1 Å². The molecule has 0 heterocycles. The normalized spacial score (nSPS) is 59.8. The largest absolute Gasteiger partial charge is 0.481 e. The molecule has 6 N–H and O–H groups in total. The first kappa shape index (κ1) is 19.6. The standard InChI is InChI=1S/C20H32O7/c1-16-5-3-6-17(2,15(24)25)13(16)12(22)14(23)18-8-19(26,7-4-11(16)18)20(27,9-18)10-21/h11-14,21-23,26-27H,3-10H2,1-2H3,(H,24,25)/t11-,12-,13-,14-,16-,17+,18+,19-,20-/m0/s1. The van der Waals surface area contributed by atoms with Crippen molar-refractivity contribution in [2.75, 3.05) is 6.61 Å². The summed E-state index contributed by atoms with van der Waals surface area (Å²) in [4.78, 5) is 12.1. The van der Waals surface area contributed by atoms with E-state index in [9.17, 15) is 35.4 Å². The summed E-state index contributed by atoms with van der Waals surface area (Å²) in [6.07, 6.45) is 0.383. The van der Waals surface area contributed by atoms with Gasteiger partial charge >= 0.3 is 5.97 Å². The number of aliphatic carboxylic acids is 1. The Bertz CT molecular complexity index is 667. The van der Waals surface area contributed by atoms with Crippen molar-refractivity contribution >= 4 is 5.97 Å². The average molecular weight is 384 g/mol. The molecule has 4 aliphatic carbocycles. The highest BCUT2D eigenvalue weighted by Crippen LogP contribution is 2.73. The third kappa shape index (κ3) is 2.07. The summed E-state index contributed by atoms with van der Waals surface area (Å²) in [6, 6.07) is 0. The molecule has 4 aliphatic rings. The van der Waals surface area contributed by atoms with Crippen LogP contribution in [0, 0.1) is 28.1 Å². The molecule has 4 fully saturated rings. The molecule has 0 aromatic rings. The lowest BCUT2D eigenvalue weighted by Crippen LogP contribution is -2.69. The quantitative estimate of drug-likeness (QED) is 0.402.